The minimum Gasteiger partial charge on any atom is -0.481 e. The average Bonchev–Trinajstić information content (AvgIpc) is 2.70. The maximum Gasteiger partial charge on any atom is 0.263 e. The molecule has 9 heteroatoms. The van der Waals surface area contributed by atoms with Gasteiger partial charge in [-0.3, -0.25) is 9.52 Å². The molecule has 0 aliphatic carbocycles. The van der Waals surface area contributed by atoms with Crippen molar-refractivity contribution in [1.29, 1.82) is 0 Å². The van der Waals surface area contributed by atoms with Crippen molar-refractivity contribution in [2.45, 2.75) is 17.9 Å². The fourth-order valence-electron chi connectivity index (χ4n) is 2.74. The number of hydrogen-bond donors (Lipinski definition) is 1. The summed E-state index contributed by atoms with van der Waals surface area (Å²) in [6, 6.07) is 11.1. The van der Waals surface area contributed by atoms with Crippen LogP contribution < -0.4 is 9.46 Å². The normalized spacial score (nSPS) is 15.7. The van der Waals surface area contributed by atoms with Gasteiger partial charge in [0.05, 0.1) is 23.8 Å². The Balaban J connectivity index is 1.65. The van der Waals surface area contributed by atoms with E-state index in [1.807, 2.05) is 0 Å². The molecule has 2 aromatic rings. The molecule has 7 nitrogen and oxygen atoms in total. The molecule has 0 aromatic heterocycles. The van der Waals surface area contributed by atoms with Crippen molar-refractivity contribution in [3.05, 3.63) is 54.3 Å². The molecule has 0 bridgehead atoms. The van der Waals surface area contributed by atoms with E-state index in [1.165, 1.54) is 48.5 Å². The highest BCUT2D eigenvalue weighted by atomic mass is 32.2. The number of morpholine rings is 1. The Morgan fingerprint density at radius 2 is 1.79 bits per heavy atom. The highest BCUT2D eigenvalue weighted by Gasteiger charge is 2.24. The number of anilines is 1. The van der Waals surface area contributed by atoms with Gasteiger partial charge in [0.1, 0.15) is 11.6 Å². The van der Waals surface area contributed by atoms with Crippen molar-refractivity contribution >= 4 is 21.6 Å². The first-order valence-corrected chi connectivity index (χ1v) is 10.3. The summed E-state index contributed by atoms with van der Waals surface area (Å²) in [5.74, 6) is -0.457. The van der Waals surface area contributed by atoms with Crippen LogP contribution in [0, 0.1) is 5.82 Å². The molecule has 0 saturated carbocycles. The number of carbonyl (C=O) groups is 1. The summed E-state index contributed by atoms with van der Waals surface area (Å²) in [6.07, 6.45) is -0.711. The average molecular weight is 408 g/mol. The zero-order valence-corrected chi connectivity index (χ0v) is 16.1. The van der Waals surface area contributed by atoms with Crippen molar-refractivity contribution in [1.82, 2.24) is 4.90 Å². The lowest BCUT2D eigenvalue weighted by molar-refractivity contribution is -0.142. The summed E-state index contributed by atoms with van der Waals surface area (Å²) >= 11 is 0. The first kappa shape index (κ1) is 20.1. The topological polar surface area (TPSA) is 84.9 Å². The summed E-state index contributed by atoms with van der Waals surface area (Å²) in [4.78, 5) is 14.0. The molecule has 0 radical (unpaired) electrons. The second kappa shape index (κ2) is 8.57. The molecule has 1 heterocycles. The minimum absolute atomic E-state index is 0.0461. The molecular weight excluding hydrogens is 387 g/mol. The van der Waals surface area contributed by atoms with Crippen LogP contribution in [0.15, 0.2) is 53.4 Å². The molecule has 1 N–H and O–H groups in total. The van der Waals surface area contributed by atoms with Crippen molar-refractivity contribution in [2.75, 3.05) is 31.0 Å². The molecule has 0 spiro atoms. The van der Waals surface area contributed by atoms with Crippen LogP contribution in [0.2, 0.25) is 0 Å². The molecule has 28 heavy (non-hydrogen) atoms. The van der Waals surface area contributed by atoms with E-state index in [9.17, 15) is 17.6 Å². The summed E-state index contributed by atoms with van der Waals surface area (Å²) in [7, 11) is -3.95. The van der Waals surface area contributed by atoms with E-state index in [4.69, 9.17) is 9.47 Å². The molecule has 1 aliphatic rings. The third-order valence-electron chi connectivity index (χ3n) is 4.24. The number of sulfonamides is 1. The van der Waals surface area contributed by atoms with Gasteiger partial charge < -0.3 is 14.4 Å². The van der Waals surface area contributed by atoms with E-state index in [2.05, 4.69) is 4.72 Å². The van der Waals surface area contributed by atoms with Crippen LogP contribution in [0.1, 0.15) is 6.92 Å². The van der Waals surface area contributed by atoms with E-state index in [0.29, 0.717) is 32.1 Å². The van der Waals surface area contributed by atoms with Gasteiger partial charge in [-0.2, -0.15) is 0 Å². The summed E-state index contributed by atoms with van der Waals surface area (Å²) in [5, 5.41) is 0. The number of benzene rings is 2. The van der Waals surface area contributed by atoms with Gasteiger partial charge in [0.15, 0.2) is 6.10 Å². The first-order valence-electron chi connectivity index (χ1n) is 8.77. The highest BCUT2D eigenvalue weighted by molar-refractivity contribution is 7.92. The molecule has 3 rings (SSSR count). The number of carbonyl (C=O) groups excluding carboxylic acids is 1. The monoisotopic (exact) mass is 408 g/mol. The summed E-state index contributed by atoms with van der Waals surface area (Å²) in [6.45, 7) is 3.68. The maximum atomic E-state index is 13.7. The molecule has 1 amide bonds. The SMILES string of the molecule is C[C@H](Oc1ccc(S(=O)(=O)Nc2ccccc2F)cc1)C(=O)N1CCOCC1. The molecule has 1 atom stereocenters. The third kappa shape index (κ3) is 4.79. The molecule has 1 fully saturated rings. The van der Waals surface area contributed by atoms with E-state index in [-0.39, 0.29) is 16.5 Å². The van der Waals surface area contributed by atoms with Crippen molar-refractivity contribution in [3.63, 3.8) is 0 Å². The van der Waals surface area contributed by atoms with E-state index in [1.54, 1.807) is 11.8 Å². The maximum absolute atomic E-state index is 13.7. The van der Waals surface area contributed by atoms with Crippen molar-refractivity contribution < 1.29 is 27.1 Å². The quantitative estimate of drug-likeness (QED) is 0.793. The van der Waals surface area contributed by atoms with Crippen LogP contribution in [0.5, 0.6) is 5.75 Å². The predicted molar refractivity (Wildman–Crippen MR) is 101 cm³/mol. The zero-order chi connectivity index (χ0) is 20.1. The van der Waals surface area contributed by atoms with Crippen LogP contribution in [0.3, 0.4) is 0 Å². The lowest BCUT2D eigenvalue weighted by Gasteiger charge is -2.29. The largest absolute Gasteiger partial charge is 0.481 e. The second-order valence-corrected chi connectivity index (χ2v) is 7.94. The smallest absolute Gasteiger partial charge is 0.263 e. The van der Waals surface area contributed by atoms with Crippen LogP contribution in [0.25, 0.3) is 0 Å². The first-order chi connectivity index (χ1) is 13.4. The van der Waals surface area contributed by atoms with Gasteiger partial charge in [0.2, 0.25) is 0 Å². The lowest BCUT2D eigenvalue weighted by atomic mass is 10.3. The van der Waals surface area contributed by atoms with Gasteiger partial charge in [-0.15, -0.1) is 0 Å². The van der Waals surface area contributed by atoms with Gasteiger partial charge in [-0.25, -0.2) is 12.8 Å². The summed E-state index contributed by atoms with van der Waals surface area (Å²) < 4.78 is 51.6. The lowest BCUT2D eigenvalue weighted by Crippen LogP contribution is -2.46. The molecule has 1 saturated heterocycles. The zero-order valence-electron chi connectivity index (χ0n) is 15.3. The van der Waals surface area contributed by atoms with Crippen LogP contribution in [-0.2, 0) is 19.6 Å². The van der Waals surface area contributed by atoms with Gasteiger partial charge in [0.25, 0.3) is 15.9 Å². The van der Waals surface area contributed by atoms with Crippen molar-refractivity contribution in [3.8, 4) is 5.75 Å². The summed E-state index contributed by atoms with van der Waals surface area (Å²) in [5.41, 5.74) is -0.132. The Morgan fingerprint density at radius 3 is 2.43 bits per heavy atom. The van der Waals surface area contributed by atoms with E-state index >= 15 is 0 Å². The number of nitrogens with one attached hydrogen (secondary N) is 1. The Morgan fingerprint density at radius 1 is 1.14 bits per heavy atom. The second-order valence-electron chi connectivity index (χ2n) is 6.25. The Kier molecular flexibility index (Phi) is 6.15. The third-order valence-corrected chi connectivity index (χ3v) is 5.62. The number of halogens is 1. The Bertz CT molecular complexity index is 928. The van der Waals surface area contributed by atoms with Crippen LogP contribution >= 0.6 is 0 Å². The number of amides is 1. The number of hydrogen-bond acceptors (Lipinski definition) is 5. The van der Waals surface area contributed by atoms with Gasteiger partial charge in [-0.05, 0) is 43.3 Å². The number of rotatable bonds is 6. The van der Waals surface area contributed by atoms with Crippen molar-refractivity contribution in [2.24, 2.45) is 0 Å². The molecule has 1 aliphatic heterocycles. The number of nitrogens with zero attached hydrogens (tertiary/aromatic N) is 1. The molecule has 150 valence electrons. The number of ether oxygens (including phenoxy) is 2. The van der Waals surface area contributed by atoms with E-state index < -0.39 is 21.9 Å². The van der Waals surface area contributed by atoms with Gasteiger partial charge in [0, 0.05) is 13.1 Å². The van der Waals surface area contributed by atoms with Crippen LogP contribution in [-0.4, -0.2) is 51.6 Å². The van der Waals surface area contributed by atoms with E-state index in [0.717, 1.165) is 0 Å². The fourth-order valence-corrected chi connectivity index (χ4v) is 3.81. The Labute approximate surface area is 163 Å². The molecule has 0 unspecified atom stereocenters. The standard InChI is InChI=1S/C19H21FN2O5S/c1-14(19(23)22-10-12-26-13-11-22)27-15-6-8-16(9-7-15)28(24,25)21-18-5-3-2-4-17(18)20/h2-9,14,21H,10-13H2,1H3/t14-/m0/s1. The highest BCUT2D eigenvalue weighted by Crippen LogP contribution is 2.21. The Hall–Kier alpha value is -2.65. The predicted octanol–water partition coefficient (Wildman–Crippen LogP) is 2.25. The molecule has 2 aromatic carbocycles. The minimum atomic E-state index is -3.95. The van der Waals surface area contributed by atoms with Gasteiger partial charge in [-0.1, -0.05) is 12.1 Å². The molecular formula is C19H21FN2O5S. The van der Waals surface area contributed by atoms with Crippen LogP contribution in [0.4, 0.5) is 10.1 Å². The fraction of sp³-hybridized carbons (Fsp3) is 0.316. The number of para-hydroxylation sites is 1. The van der Waals surface area contributed by atoms with Gasteiger partial charge >= 0.3 is 0 Å².